The number of hydrogen-bond donors (Lipinski definition) is 1. The minimum absolute atomic E-state index is 0.420. The van der Waals surface area contributed by atoms with Crippen LogP contribution in [-0.2, 0) is 4.84 Å². The van der Waals surface area contributed by atoms with Crippen LogP contribution in [0.15, 0.2) is 12.2 Å². The molecular formula is C5H9NO4. The molecule has 58 valence electrons. The second-order valence-corrected chi connectivity index (χ2v) is 1.85. The fourth-order valence-electron chi connectivity index (χ4n) is 0.383. The SMILES string of the molecule is C=C(C)[C@H](CO)O[N+](=O)[O-]. The number of hydrogen-bond acceptors (Lipinski definition) is 4. The van der Waals surface area contributed by atoms with Crippen molar-refractivity contribution in [1.82, 2.24) is 0 Å². The van der Waals surface area contributed by atoms with Crippen molar-refractivity contribution in [2.45, 2.75) is 13.0 Å². The number of nitrogens with zero attached hydrogens (tertiary/aromatic N) is 1. The first-order valence-electron chi connectivity index (χ1n) is 2.65. The Bertz CT molecular complexity index is 145. The van der Waals surface area contributed by atoms with Gasteiger partial charge in [-0.3, -0.25) is 0 Å². The molecule has 10 heavy (non-hydrogen) atoms. The van der Waals surface area contributed by atoms with Gasteiger partial charge in [-0.1, -0.05) is 6.58 Å². The van der Waals surface area contributed by atoms with Gasteiger partial charge in [0.1, 0.15) is 0 Å². The fourth-order valence-corrected chi connectivity index (χ4v) is 0.383. The Hall–Kier alpha value is -1.10. The van der Waals surface area contributed by atoms with Gasteiger partial charge in [-0.25, -0.2) is 0 Å². The smallest absolute Gasteiger partial charge is 0.295 e. The third-order valence-electron chi connectivity index (χ3n) is 0.929. The Morgan fingerprint density at radius 3 is 2.60 bits per heavy atom. The lowest BCUT2D eigenvalue weighted by atomic mass is 10.2. The van der Waals surface area contributed by atoms with Crippen LogP contribution in [0.5, 0.6) is 0 Å². The summed E-state index contributed by atoms with van der Waals surface area (Å²) in [6, 6.07) is 0. The summed E-state index contributed by atoms with van der Waals surface area (Å²) >= 11 is 0. The summed E-state index contributed by atoms with van der Waals surface area (Å²) in [5, 5.41) is 17.2. The average Bonchev–Trinajstić information content (AvgIpc) is 1.81. The Balaban J connectivity index is 3.83. The van der Waals surface area contributed by atoms with E-state index in [2.05, 4.69) is 11.4 Å². The van der Waals surface area contributed by atoms with Crippen molar-refractivity contribution in [3.05, 3.63) is 22.3 Å². The summed E-state index contributed by atoms with van der Waals surface area (Å²) in [6.45, 7) is 4.52. The van der Waals surface area contributed by atoms with Gasteiger partial charge in [0, 0.05) is 0 Å². The Morgan fingerprint density at radius 1 is 2.00 bits per heavy atom. The van der Waals surface area contributed by atoms with E-state index in [0.29, 0.717) is 5.57 Å². The quantitative estimate of drug-likeness (QED) is 0.348. The highest BCUT2D eigenvalue weighted by molar-refractivity contribution is 4.96. The van der Waals surface area contributed by atoms with E-state index in [1.54, 1.807) is 6.92 Å². The molecule has 0 aliphatic rings. The number of aliphatic hydroxyl groups is 1. The topological polar surface area (TPSA) is 72.6 Å². The molecule has 0 heterocycles. The van der Waals surface area contributed by atoms with E-state index in [4.69, 9.17) is 5.11 Å². The maximum absolute atomic E-state index is 9.70. The van der Waals surface area contributed by atoms with E-state index >= 15 is 0 Å². The van der Waals surface area contributed by atoms with Crippen LogP contribution in [0.1, 0.15) is 6.92 Å². The van der Waals surface area contributed by atoms with Crippen molar-refractivity contribution in [1.29, 1.82) is 0 Å². The third kappa shape index (κ3) is 3.03. The van der Waals surface area contributed by atoms with Gasteiger partial charge < -0.3 is 9.94 Å². The van der Waals surface area contributed by atoms with Gasteiger partial charge in [0.2, 0.25) is 0 Å². The zero-order valence-electron chi connectivity index (χ0n) is 5.61. The van der Waals surface area contributed by atoms with Crippen molar-refractivity contribution in [2.75, 3.05) is 6.61 Å². The molecule has 0 bridgehead atoms. The van der Waals surface area contributed by atoms with Crippen molar-refractivity contribution in [3.8, 4) is 0 Å². The standard InChI is InChI=1S/C5H9NO4/c1-4(2)5(3-7)10-6(8)9/h5,7H,1,3H2,2H3/t5-/m0/s1. The molecule has 0 saturated heterocycles. The molecule has 0 amide bonds. The molecule has 0 aromatic rings. The van der Waals surface area contributed by atoms with Crippen LogP contribution in [0, 0.1) is 10.1 Å². The molecule has 5 heteroatoms. The molecular weight excluding hydrogens is 138 g/mol. The molecule has 0 aliphatic heterocycles. The van der Waals surface area contributed by atoms with Crippen molar-refractivity contribution in [2.24, 2.45) is 0 Å². The minimum atomic E-state index is -0.949. The third-order valence-corrected chi connectivity index (χ3v) is 0.929. The monoisotopic (exact) mass is 147 g/mol. The van der Waals surface area contributed by atoms with Crippen molar-refractivity contribution >= 4 is 0 Å². The van der Waals surface area contributed by atoms with Crippen LogP contribution in [-0.4, -0.2) is 22.9 Å². The first-order chi connectivity index (χ1) is 4.57. The van der Waals surface area contributed by atoms with E-state index in [9.17, 15) is 10.1 Å². The summed E-state index contributed by atoms with van der Waals surface area (Å²) in [5.74, 6) is 0. The first kappa shape index (κ1) is 8.90. The summed E-state index contributed by atoms with van der Waals surface area (Å²) in [6.07, 6.45) is -0.894. The van der Waals surface area contributed by atoms with Gasteiger partial charge in [0.25, 0.3) is 5.09 Å². The van der Waals surface area contributed by atoms with Crippen LogP contribution >= 0.6 is 0 Å². The zero-order chi connectivity index (χ0) is 8.15. The fraction of sp³-hybridized carbons (Fsp3) is 0.600. The Morgan fingerprint density at radius 2 is 2.50 bits per heavy atom. The second kappa shape index (κ2) is 3.84. The van der Waals surface area contributed by atoms with Crippen LogP contribution in [0.2, 0.25) is 0 Å². The van der Waals surface area contributed by atoms with Crippen LogP contribution < -0.4 is 0 Å². The molecule has 0 aliphatic carbocycles. The molecule has 0 fully saturated rings. The van der Waals surface area contributed by atoms with Crippen LogP contribution in [0.25, 0.3) is 0 Å². The summed E-state index contributed by atoms with van der Waals surface area (Å²) < 4.78 is 0. The highest BCUT2D eigenvalue weighted by atomic mass is 17.0. The number of aliphatic hydroxyl groups excluding tert-OH is 1. The van der Waals surface area contributed by atoms with Crippen molar-refractivity contribution in [3.63, 3.8) is 0 Å². The van der Waals surface area contributed by atoms with Gasteiger partial charge in [0.15, 0.2) is 6.10 Å². The van der Waals surface area contributed by atoms with E-state index < -0.39 is 17.8 Å². The van der Waals surface area contributed by atoms with Gasteiger partial charge in [-0.15, -0.1) is 10.1 Å². The van der Waals surface area contributed by atoms with E-state index in [1.165, 1.54) is 0 Å². The normalized spacial score (nSPS) is 12.2. The van der Waals surface area contributed by atoms with E-state index in [0.717, 1.165) is 0 Å². The van der Waals surface area contributed by atoms with Gasteiger partial charge in [-0.05, 0) is 12.5 Å². The molecule has 0 spiro atoms. The molecule has 1 N–H and O–H groups in total. The molecule has 0 saturated carbocycles. The van der Waals surface area contributed by atoms with Crippen LogP contribution in [0.4, 0.5) is 0 Å². The van der Waals surface area contributed by atoms with Gasteiger partial charge >= 0.3 is 0 Å². The zero-order valence-corrected chi connectivity index (χ0v) is 5.61. The lowest BCUT2D eigenvalue weighted by molar-refractivity contribution is -0.766. The molecule has 0 aromatic carbocycles. The van der Waals surface area contributed by atoms with E-state index in [1.807, 2.05) is 0 Å². The average molecular weight is 147 g/mol. The summed E-state index contributed by atoms with van der Waals surface area (Å²) in [4.78, 5) is 13.7. The number of rotatable bonds is 4. The van der Waals surface area contributed by atoms with Crippen molar-refractivity contribution < 1.29 is 15.0 Å². The molecule has 5 nitrogen and oxygen atoms in total. The van der Waals surface area contributed by atoms with Gasteiger partial charge in [-0.2, -0.15) is 0 Å². The second-order valence-electron chi connectivity index (χ2n) is 1.85. The molecule has 1 atom stereocenters. The highest BCUT2D eigenvalue weighted by Crippen LogP contribution is 2.01. The van der Waals surface area contributed by atoms with Gasteiger partial charge in [0.05, 0.1) is 6.61 Å². The molecule has 0 aromatic heterocycles. The highest BCUT2D eigenvalue weighted by Gasteiger charge is 2.11. The van der Waals surface area contributed by atoms with Crippen LogP contribution in [0.3, 0.4) is 0 Å². The summed E-state index contributed by atoms with van der Waals surface area (Å²) in [5.41, 5.74) is 0.430. The lowest BCUT2D eigenvalue weighted by Gasteiger charge is -2.09. The minimum Gasteiger partial charge on any atom is -0.394 e. The molecule has 0 radical (unpaired) electrons. The maximum atomic E-state index is 9.70. The van der Waals surface area contributed by atoms with E-state index in [-0.39, 0.29) is 0 Å². The molecule has 0 unspecified atom stereocenters. The predicted octanol–water partition coefficient (Wildman–Crippen LogP) is 0.132. The molecule has 0 rings (SSSR count). The maximum Gasteiger partial charge on any atom is 0.295 e. The summed E-state index contributed by atoms with van der Waals surface area (Å²) in [7, 11) is 0. The lowest BCUT2D eigenvalue weighted by Crippen LogP contribution is -2.21. The first-order valence-corrected chi connectivity index (χ1v) is 2.65. The Labute approximate surface area is 58.0 Å². The Kier molecular flexibility index (Phi) is 3.42. The predicted molar refractivity (Wildman–Crippen MR) is 33.8 cm³/mol. The largest absolute Gasteiger partial charge is 0.394 e.